The second-order valence-corrected chi connectivity index (χ2v) is 4.53. The average Bonchev–Trinajstić information content (AvgIpc) is 2.87. The lowest BCUT2D eigenvalue weighted by molar-refractivity contribution is -0.393. The fourth-order valence-corrected chi connectivity index (χ4v) is 2.42. The van der Waals surface area contributed by atoms with Gasteiger partial charge in [-0.25, -0.2) is 4.98 Å². The molecule has 0 unspecified atom stereocenters. The van der Waals surface area contributed by atoms with Crippen LogP contribution in [0.1, 0.15) is 11.8 Å². The first-order chi connectivity index (χ1) is 8.04. The Balaban J connectivity index is 2.19. The van der Waals surface area contributed by atoms with E-state index in [-0.39, 0.29) is 5.69 Å². The number of nitrogens with zero attached hydrogens (tertiary/aromatic N) is 2. The maximum absolute atomic E-state index is 10.5. The molecule has 9 heteroatoms. The number of imidazole rings is 1. The van der Waals surface area contributed by atoms with Crippen molar-refractivity contribution in [1.29, 1.82) is 0 Å². The first-order valence-electron chi connectivity index (χ1n) is 4.81. The standard InChI is InChI=1S/C8H10IN3O5/c9-1-4-5(13)6(14)7(17-4)3-2-10-8(11-3)12(15)16/h2,4-7,13-14H,1H2,(H,10,11)/t4-,5-,6+,7-/m1/s1. The van der Waals surface area contributed by atoms with Crippen LogP contribution >= 0.6 is 22.6 Å². The van der Waals surface area contributed by atoms with Crippen LogP contribution in [0.3, 0.4) is 0 Å². The third kappa shape index (κ3) is 2.27. The van der Waals surface area contributed by atoms with E-state index in [4.69, 9.17) is 4.74 Å². The first-order valence-corrected chi connectivity index (χ1v) is 6.34. The highest BCUT2D eigenvalue weighted by Crippen LogP contribution is 2.33. The monoisotopic (exact) mass is 355 g/mol. The quantitative estimate of drug-likeness (QED) is 0.302. The second-order valence-electron chi connectivity index (χ2n) is 3.65. The summed E-state index contributed by atoms with van der Waals surface area (Å²) in [7, 11) is 0. The molecule has 0 radical (unpaired) electrons. The highest BCUT2D eigenvalue weighted by Gasteiger charge is 2.44. The Bertz CT molecular complexity index is 425. The van der Waals surface area contributed by atoms with Crippen molar-refractivity contribution in [2.45, 2.75) is 24.4 Å². The number of ether oxygens (including phenoxy) is 1. The molecule has 0 amide bonds. The number of hydrogen-bond acceptors (Lipinski definition) is 6. The van der Waals surface area contributed by atoms with Crippen LogP contribution in [0.15, 0.2) is 6.20 Å². The number of aromatic amines is 1. The molecule has 3 N–H and O–H groups in total. The van der Waals surface area contributed by atoms with Crippen molar-refractivity contribution in [3.05, 3.63) is 22.0 Å². The summed E-state index contributed by atoms with van der Waals surface area (Å²) in [6, 6.07) is 0. The van der Waals surface area contributed by atoms with Gasteiger partial charge in [0.1, 0.15) is 30.2 Å². The second kappa shape index (κ2) is 4.84. The maximum Gasteiger partial charge on any atom is 0.432 e. The van der Waals surface area contributed by atoms with Crippen LogP contribution in [0.4, 0.5) is 5.95 Å². The molecule has 94 valence electrons. The average molecular weight is 355 g/mol. The van der Waals surface area contributed by atoms with Gasteiger partial charge in [0.2, 0.25) is 0 Å². The fourth-order valence-electron chi connectivity index (χ4n) is 1.69. The third-order valence-electron chi connectivity index (χ3n) is 2.58. The van der Waals surface area contributed by atoms with Gasteiger partial charge in [-0.1, -0.05) is 27.6 Å². The van der Waals surface area contributed by atoms with E-state index in [1.807, 2.05) is 22.6 Å². The minimum atomic E-state index is -1.12. The Morgan fingerprint density at radius 3 is 2.76 bits per heavy atom. The van der Waals surface area contributed by atoms with Crippen LogP contribution in [0.25, 0.3) is 0 Å². The molecule has 0 aromatic carbocycles. The molecular formula is C8H10IN3O5. The normalized spacial score (nSPS) is 32.9. The minimum Gasteiger partial charge on any atom is -0.390 e. The Kier molecular flexibility index (Phi) is 3.61. The van der Waals surface area contributed by atoms with Gasteiger partial charge < -0.3 is 25.1 Å². The molecule has 1 saturated heterocycles. The van der Waals surface area contributed by atoms with E-state index < -0.39 is 35.3 Å². The molecule has 0 spiro atoms. The van der Waals surface area contributed by atoms with E-state index in [0.717, 1.165) is 0 Å². The summed E-state index contributed by atoms with van der Waals surface area (Å²) in [5.41, 5.74) is 0.288. The highest BCUT2D eigenvalue weighted by molar-refractivity contribution is 14.1. The lowest BCUT2D eigenvalue weighted by Crippen LogP contribution is -2.31. The summed E-state index contributed by atoms with van der Waals surface area (Å²) in [6.07, 6.45) is -2.19. The molecule has 1 aromatic rings. The largest absolute Gasteiger partial charge is 0.432 e. The van der Waals surface area contributed by atoms with Crippen molar-refractivity contribution in [1.82, 2.24) is 9.97 Å². The molecule has 2 heterocycles. The Hall–Kier alpha value is -0.780. The van der Waals surface area contributed by atoms with Crippen molar-refractivity contribution >= 4 is 28.5 Å². The van der Waals surface area contributed by atoms with Crippen molar-refractivity contribution in [2.75, 3.05) is 4.43 Å². The van der Waals surface area contributed by atoms with Crippen LogP contribution in [0.2, 0.25) is 0 Å². The van der Waals surface area contributed by atoms with Gasteiger partial charge in [0.15, 0.2) is 0 Å². The molecule has 0 saturated carbocycles. The van der Waals surface area contributed by atoms with Gasteiger partial charge in [0.25, 0.3) is 0 Å². The van der Waals surface area contributed by atoms with Crippen molar-refractivity contribution < 1.29 is 19.9 Å². The van der Waals surface area contributed by atoms with Crippen LogP contribution in [-0.4, -0.2) is 47.8 Å². The van der Waals surface area contributed by atoms with Crippen LogP contribution in [-0.2, 0) is 4.74 Å². The van der Waals surface area contributed by atoms with E-state index in [0.29, 0.717) is 4.43 Å². The smallest absolute Gasteiger partial charge is 0.390 e. The Morgan fingerprint density at radius 1 is 1.59 bits per heavy atom. The molecule has 4 atom stereocenters. The lowest BCUT2D eigenvalue weighted by atomic mass is 10.1. The van der Waals surface area contributed by atoms with Crippen LogP contribution < -0.4 is 0 Å². The summed E-state index contributed by atoms with van der Waals surface area (Å²) in [5.74, 6) is -0.414. The van der Waals surface area contributed by atoms with E-state index in [1.165, 1.54) is 6.20 Å². The number of H-pyrrole nitrogens is 1. The predicted octanol–water partition coefficient (Wildman–Crippen LogP) is -0.0854. The fraction of sp³-hybridized carbons (Fsp3) is 0.625. The van der Waals surface area contributed by atoms with E-state index in [2.05, 4.69) is 9.97 Å². The summed E-state index contributed by atoms with van der Waals surface area (Å²) in [4.78, 5) is 15.8. The highest BCUT2D eigenvalue weighted by atomic mass is 127. The van der Waals surface area contributed by atoms with Crippen molar-refractivity contribution in [2.24, 2.45) is 0 Å². The SMILES string of the molecule is O=[N+]([O-])c1ncc([C@H]2O[C@H](CI)[C@@H](O)[C@@H]2O)[nH]1. The van der Waals surface area contributed by atoms with Gasteiger partial charge >= 0.3 is 5.95 Å². The first kappa shape index (κ1) is 12.7. The molecular weight excluding hydrogens is 345 g/mol. The zero-order valence-corrected chi connectivity index (χ0v) is 10.6. The van der Waals surface area contributed by atoms with Crippen molar-refractivity contribution in [3.8, 4) is 0 Å². The number of hydrogen-bond donors (Lipinski definition) is 3. The summed E-state index contributed by atoms with van der Waals surface area (Å²) >= 11 is 2.03. The summed E-state index contributed by atoms with van der Waals surface area (Å²) in [5, 5.41) is 29.9. The molecule has 2 rings (SSSR count). The van der Waals surface area contributed by atoms with Crippen LogP contribution in [0.5, 0.6) is 0 Å². The number of nitrogens with one attached hydrogen (secondary N) is 1. The molecule has 1 aromatic heterocycles. The van der Waals surface area contributed by atoms with Gasteiger partial charge in [-0.3, -0.25) is 0 Å². The zero-order chi connectivity index (χ0) is 12.6. The molecule has 1 fully saturated rings. The zero-order valence-electron chi connectivity index (χ0n) is 8.49. The Morgan fingerprint density at radius 2 is 2.29 bits per heavy atom. The molecule has 17 heavy (non-hydrogen) atoms. The number of aliphatic hydroxyl groups is 2. The summed E-state index contributed by atoms with van der Waals surface area (Å²) in [6.45, 7) is 0. The number of rotatable bonds is 3. The predicted molar refractivity (Wildman–Crippen MR) is 63.8 cm³/mol. The molecule has 0 aliphatic carbocycles. The molecule has 0 bridgehead atoms. The number of alkyl halides is 1. The van der Waals surface area contributed by atoms with Gasteiger partial charge in [-0.2, -0.15) is 0 Å². The van der Waals surface area contributed by atoms with Gasteiger partial charge in [0, 0.05) is 4.43 Å². The van der Waals surface area contributed by atoms with Gasteiger partial charge in [-0.15, -0.1) is 0 Å². The number of halogens is 1. The Labute approximate surface area is 109 Å². The minimum absolute atomic E-state index is 0.288. The van der Waals surface area contributed by atoms with Crippen molar-refractivity contribution in [3.63, 3.8) is 0 Å². The topological polar surface area (TPSA) is 122 Å². The van der Waals surface area contributed by atoms with Crippen LogP contribution in [0, 0.1) is 10.1 Å². The maximum atomic E-state index is 10.5. The molecule has 1 aliphatic heterocycles. The summed E-state index contributed by atoms with van der Waals surface area (Å²) < 4.78 is 5.93. The number of aromatic nitrogens is 2. The third-order valence-corrected chi connectivity index (χ3v) is 3.44. The van der Waals surface area contributed by atoms with Gasteiger partial charge in [-0.05, 0) is 4.92 Å². The molecule has 8 nitrogen and oxygen atoms in total. The van der Waals surface area contributed by atoms with E-state index >= 15 is 0 Å². The number of aliphatic hydroxyl groups excluding tert-OH is 2. The number of nitro groups is 1. The molecule has 1 aliphatic rings. The van der Waals surface area contributed by atoms with E-state index in [1.54, 1.807) is 0 Å². The van der Waals surface area contributed by atoms with E-state index in [9.17, 15) is 20.3 Å². The van der Waals surface area contributed by atoms with Gasteiger partial charge in [0.05, 0.1) is 6.10 Å². The lowest BCUT2D eigenvalue weighted by Gasteiger charge is -2.10.